The van der Waals surface area contributed by atoms with Crippen molar-refractivity contribution in [3.8, 4) is 17.2 Å². The summed E-state index contributed by atoms with van der Waals surface area (Å²) in [6.45, 7) is 0. The third-order valence-corrected chi connectivity index (χ3v) is 2.74. The van der Waals surface area contributed by atoms with Crippen molar-refractivity contribution in [2.45, 2.75) is 0 Å². The molecule has 2 rings (SSSR count). The third kappa shape index (κ3) is 3.06. The Bertz CT molecular complexity index is 572. The fourth-order valence-electron chi connectivity index (χ4n) is 1.78. The van der Waals surface area contributed by atoms with Crippen molar-refractivity contribution in [3.05, 3.63) is 42.0 Å². The van der Waals surface area contributed by atoms with Crippen molar-refractivity contribution in [2.75, 3.05) is 21.3 Å². The summed E-state index contributed by atoms with van der Waals surface area (Å²) in [7, 11) is 4.77. The molecule has 0 bridgehead atoms. The van der Waals surface area contributed by atoms with E-state index >= 15 is 0 Å². The summed E-state index contributed by atoms with van der Waals surface area (Å²) in [5, 5.41) is 0. The zero-order valence-electron chi connectivity index (χ0n) is 11.7. The molecule has 5 heteroatoms. The Morgan fingerprint density at radius 1 is 0.950 bits per heavy atom. The quantitative estimate of drug-likeness (QED) is 0.837. The molecule has 0 aliphatic rings. The van der Waals surface area contributed by atoms with E-state index in [1.54, 1.807) is 27.5 Å². The second-order valence-corrected chi connectivity index (χ2v) is 3.93. The van der Waals surface area contributed by atoms with Crippen molar-refractivity contribution in [1.82, 2.24) is 9.97 Å². The fourth-order valence-corrected chi connectivity index (χ4v) is 1.78. The molecule has 1 aromatic carbocycles. The van der Waals surface area contributed by atoms with Crippen molar-refractivity contribution in [2.24, 2.45) is 0 Å². The number of hydrogen-bond donors (Lipinski definition) is 0. The zero-order chi connectivity index (χ0) is 14.4. The molecule has 0 fully saturated rings. The molecular weight excluding hydrogens is 256 g/mol. The topological polar surface area (TPSA) is 53.5 Å². The van der Waals surface area contributed by atoms with Crippen molar-refractivity contribution in [1.29, 1.82) is 0 Å². The molecule has 2 aromatic rings. The van der Waals surface area contributed by atoms with E-state index in [2.05, 4.69) is 9.97 Å². The third-order valence-electron chi connectivity index (χ3n) is 2.74. The number of methoxy groups -OCH3 is 3. The molecule has 0 radical (unpaired) electrons. The number of ether oxygens (including phenoxy) is 3. The molecule has 0 N–H and O–H groups in total. The van der Waals surface area contributed by atoms with E-state index in [1.807, 2.05) is 30.4 Å². The zero-order valence-corrected chi connectivity index (χ0v) is 11.7. The molecule has 0 unspecified atom stereocenters. The molecule has 0 atom stereocenters. The van der Waals surface area contributed by atoms with Crippen LogP contribution in [0.5, 0.6) is 17.2 Å². The van der Waals surface area contributed by atoms with E-state index in [4.69, 9.17) is 14.2 Å². The van der Waals surface area contributed by atoms with Gasteiger partial charge in [-0.1, -0.05) is 6.08 Å². The van der Waals surface area contributed by atoms with Crippen LogP contribution in [0, 0.1) is 0 Å². The minimum atomic E-state index is 0.578. The summed E-state index contributed by atoms with van der Waals surface area (Å²) in [6, 6.07) is 5.58. The largest absolute Gasteiger partial charge is 0.493 e. The molecule has 20 heavy (non-hydrogen) atoms. The van der Waals surface area contributed by atoms with Crippen LogP contribution in [-0.2, 0) is 0 Å². The molecule has 1 heterocycles. The predicted octanol–water partition coefficient (Wildman–Crippen LogP) is 2.67. The normalized spacial score (nSPS) is 10.6. The summed E-state index contributed by atoms with van der Waals surface area (Å²) >= 11 is 0. The monoisotopic (exact) mass is 272 g/mol. The number of benzene rings is 1. The first kappa shape index (κ1) is 13.9. The van der Waals surface area contributed by atoms with Gasteiger partial charge in [0.1, 0.15) is 6.33 Å². The maximum Gasteiger partial charge on any atom is 0.203 e. The highest BCUT2D eigenvalue weighted by molar-refractivity contribution is 5.71. The van der Waals surface area contributed by atoms with Gasteiger partial charge in [0.15, 0.2) is 11.5 Å². The van der Waals surface area contributed by atoms with Crippen LogP contribution in [0.2, 0.25) is 0 Å². The first-order chi connectivity index (χ1) is 9.78. The van der Waals surface area contributed by atoms with E-state index in [9.17, 15) is 0 Å². The molecule has 1 aromatic heterocycles. The maximum atomic E-state index is 5.31. The Balaban J connectivity index is 2.35. The van der Waals surface area contributed by atoms with Crippen LogP contribution in [0.4, 0.5) is 0 Å². The Hall–Kier alpha value is -2.56. The smallest absolute Gasteiger partial charge is 0.203 e. The Morgan fingerprint density at radius 3 is 2.15 bits per heavy atom. The molecule has 0 aliphatic carbocycles. The van der Waals surface area contributed by atoms with Gasteiger partial charge in [-0.15, -0.1) is 0 Å². The number of rotatable bonds is 5. The molecular formula is C15H16N2O3. The Morgan fingerprint density at radius 2 is 1.65 bits per heavy atom. The van der Waals surface area contributed by atoms with E-state index in [1.165, 1.54) is 6.33 Å². The molecule has 0 saturated heterocycles. The maximum absolute atomic E-state index is 5.31. The van der Waals surface area contributed by atoms with Crippen molar-refractivity contribution < 1.29 is 14.2 Å². The molecule has 5 nitrogen and oxygen atoms in total. The van der Waals surface area contributed by atoms with Gasteiger partial charge in [-0.05, 0) is 29.8 Å². The first-order valence-corrected chi connectivity index (χ1v) is 6.02. The second kappa shape index (κ2) is 6.56. The molecule has 0 spiro atoms. The van der Waals surface area contributed by atoms with Gasteiger partial charge < -0.3 is 14.2 Å². The molecule has 0 aliphatic heterocycles. The minimum absolute atomic E-state index is 0.578. The van der Waals surface area contributed by atoms with Gasteiger partial charge in [0, 0.05) is 6.20 Å². The van der Waals surface area contributed by atoms with E-state index < -0.39 is 0 Å². The highest BCUT2D eigenvalue weighted by Crippen LogP contribution is 2.38. The SMILES string of the molecule is COc1cc(/C=C/c2ccncn2)cc(OC)c1OC. The first-order valence-electron chi connectivity index (χ1n) is 6.02. The summed E-state index contributed by atoms with van der Waals surface area (Å²) in [5.74, 6) is 1.82. The molecule has 0 saturated carbocycles. The summed E-state index contributed by atoms with van der Waals surface area (Å²) < 4.78 is 15.9. The van der Waals surface area contributed by atoms with Gasteiger partial charge in [0.05, 0.1) is 27.0 Å². The van der Waals surface area contributed by atoms with Crippen LogP contribution in [0.3, 0.4) is 0 Å². The van der Waals surface area contributed by atoms with E-state index in [0.29, 0.717) is 17.2 Å². The van der Waals surface area contributed by atoms with Gasteiger partial charge in [-0.25, -0.2) is 9.97 Å². The van der Waals surface area contributed by atoms with E-state index in [-0.39, 0.29) is 0 Å². The highest BCUT2D eigenvalue weighted by atomic mass is 16.5. The fraction of sp³-hybridized carbons (Fsp3) is 0.200. The van der Waals surface area contributed by atoms with Gasteiger partial charge in [0.2, 0.25) is 5.75 Å². The van der Waals surface area contributed by atoms with Crippen LogP contribution in [-0.4, -0.2) is 31.3 Å². The Kier molecular flexibility index (Phi) is 4.55. The second-order valence-electron chi connectivity index (χ2n) is 3.93. The molecule has 104 valence electrons. The lowest BCUT2D eigenvalue weighted by molar-refractivity contribution is 0.324. The lowest BCUT2D eigenvalue weighted by atomic mass is 10.1. The Labute approximate surface area is 117 Å². The number of aromatic nitrogens is 2. The molecule has 0 amide bonds. The van der Waals surface area contributed by atoms with Gasteiger partial charge in [-0.2, -0.15) is 0 Å². The summed E-state index contributed by atoms with van der Waals surface area (Å²) in [4.78, 5) is 8.00. The predicted molar refractivity (Wildman–Crippen MR) is 77.1 cm³/mol. The van der Waals surface area contributed by atoms with Crippen LogP contribution >= 0.6 is 0 Å². The lowest BCUT2D eigenvalue weighted by Crippen LogP contribution is -1.95. The average molecular weight is 272 g/mol. The number of nitrogens with zero attached hydrogens (tertiary/aromatic N) is 2. The van der Waals surface area contributed by atoms with Crippen LogP contribution in [0.25, 0.3) is 12.2 Å². The van der Waals surface area contributed by atoms with Gasteiger partial charge in [-0.3, -0.25) is 0 Å². The van der Waals surface area contributed by atoms with Crippen LogP contribution < -0.4 is 14.2 Å². The van der Waals surface area contributed by atoms with Gasteiger partial charge in [0.25, 0.3) is 0 Å². The average Bonchev–Trinajstić information content (AvgIpc) is 2.52. The number of hydrogen-bond acceptors (Lipinski definition) is 5. The van der Waals surface area contributed by atoms with Crippen LogP contribution in [0.1, 0.15) is 11.3 Å². The van der Waals surface area contributed by atoms with E-state index in [0.717, 1.165) is 11.3 Å². The van der Waals surface area contributed by atoms with Crippen molar-refractivity contribution >= 4 is 12.2 Å². The van der Waals surface area contributed by atoms with Crippen LogP contribution in [0.15, 0.2) is 30.7 Å². The summed E-state index contributed by atoms with van der Waals surface area (Å²) in [6.07, 6.45) is 7.02. The van der Waals surface area contributed by atoms with Gasteiger partial charge >= 0.3 is 0 Å². The highest BCUT2D eigenvalue weighted by Gasteiger charge is 2.11. The van der Waals surface area contributed by atoms with Crippen molar-refractivity contribution in [3.63, 3.8) is 0 Å². The lowest BCUT2D eigenvalue weighted by Gasteiger charge is -2.12. The summed E-state index contributed by atoms with van der Waals surface area (Å²) in [5.41, 5.74) is 1.76. The standard InChI is InChI=1S/C15H16N2O3/c1-18-13-8-11(9-14(19-2)15(13)20-3)4-5-12-6-7-16-10-17-12/h4-10H,1-3H3/b5-4+. The minimum Gasteiger partial charge on any atom is -0.493 e.